The molecule has 0 atom stereocenters. The predicted molar refractivity (Wildman–Crippen MR) is 256 cm³/mol. The van der Waals surface area contributed by atoms with Crippen molar-refractivity contribution in [1.29, 1.82) is 0 Å². The Morgan fingerprint density at radius 1 is 0.381 bits per heavy atom. The molecule has 0 spiro atoms. The fourth-order valence-corrected chi connectivity index (χ4v) is 9.11. The summed E-state index contributed by atoms with van der Waals surface area (Å²) in [5, 5.41) is 5.76. The average molecular weight is 812 g/mol. The van der Waals surface area contributed by atoms with Gasteiger partial charge in [-0.1, -0.05) is 152 Å². The van der Waals surface area contributed by atoms with E-state index < -0.39 is 30.2 Å². The van der Waals surface area contributed by atoms with Crippen LogP contribution in [0.4, 0.5) is 0 Å². The molecule has 0 N–H and O–H groups in total. The van der Waals surface area contributed by atoms with Crippen LogP contribution in [-0.4, -0.2) is 19.5 Å². The highest BCUT2D eigenvalue weighted by Crippen LogP contribution is 2.44. The molecule has 0 fully saturated rings. The molecule has 0 aliphatic carbocycles. The maximum atomic E-state index is 9.04. The Morgan fingerprint density at radius 2 is 1.02 bits per heavy atom. The van der Waals surface area contributed by atoms with Crippen LogP contribution in [0.1, 0.15) is 6.85 Å². The van der Waals surface area contributed by atoms with Gasteiger partial charge in [-0.25, -0.2) is 15.0 Å². The zero-order valence-electron chi connectivity index (χ0n) is 38.3. The van der Waals surface area contributed by atoms with E-state index >= 15 is 0 Å². The van der Waals surface area contributed by atoms with Crippen LogP contribution in [-0.2, 0) is 0 Å². The van der Waals surface area contributed by atoms with E-state index in [1.54, 1.807) is 0 Å². The lowest BCUT2D eigenvalue weighted by Crippen LogP contribution is -2.01. The number of nitrogens with zero attached hydrogens (tertiary/aromatic N) is 4. The summed E-state index contributed by atoms with van der Waals surface area (Å²) >= 11 is 0. The van der Waals surface area contributed by atoms with Gasteiger partial charge in [-0.2, -0.15) is 0 Å². The zero-order valence-corrected chi connectivity index (χ0v) is 33.3. The molecule has 0 aliphatic heterocycles. The van der Waals surface area contributed by atoms with Gasteiger partial charge in [-0.15, -0.1) is 0 Å². The second-order valence-electron chi connectivity index (χ2n) is 15.6. The molecular weight excluding hydrogens is 773 g/mol. The summed E-state index contributed by atoms with van der Waals surface area (Å²) in [4.78, 5) is 15.1. The molecule has 0 bridgehead atoms. The highest BCUT2D eigenvalue weighted by molar-refractivity contribution is 6.17. The molecule has 4 aromatic heterocycles. The first kappa shape index (κ1) is 30.4. The van der Waals surface area contributed by atoms with Crippen LogP contribution >= 0.6 is 0 Å². The quantitative estimate of drug-likeness (QED) is 0.167. The van der Waals surface area contributed by atoms with Crippen LogP contribution in [0.2, 0.25) is 0 Å². The lowest BCUT2D eigenvalue weighted by Gasteiger charge is -2.13. The van der Waals surface area contributed by atoms with Crippen molar-refractivity contribution in [3.05, 3.63) is 206 Å². The van der Waals surface area contributed by atoms with Gasteiger partial charge in [0.25, 0.3) is 0 Å². The van der Waals surface area contributed by atoms with Crippen molar-refractivity contribution in [3.63, 3.8) is 0 Å². The summed E-state index contributed by atoms with van der Waals surface area (Å²) in [6, 6.07) is 56.8. The maximum Gasteiger partial charge on any atom is 0.167 e. The summed E-state index contributed by atoms with van der Waals surface area (Å²) < 4.78 is 59.2. The number of rotatable bonds is 6. The molecule has 0 amide bonds. The fraction of sp³-hybridized carbons (Fsp3) is 0. The van der Waals surface area contributed by atoms with E-state index in [2.05, 4.69) is 77.4 Å². The van der Waals surface area contributed by atoms with E-state index in [9.17, 15) is 0 Å². The van der Waals surface area contributed by atoms with Crippen molar-refractivity contribution in [2.45, 2.75) is 0 Å². The Morgan fingerprint density at radius 3 is 1.83 bits per heavy atom. The van der Waals surface area contributed by atoms with E-state index in [4.69, 9.17) is 30.6 Å². The highest BCUT2D eigenvalue weighted by Gasteiger charge is 2.23. The minimum Gasteiger partial charge on any atom is -0.456 e. The largest absolute Gasteiger partial charge is 0.456 e. The fourth-order valence-electron chi connectivity index (χ4n) is 9.11. The molecule has 6 heteroatoms. The Bertz CT molecular complexity index is 4150. The highest BCUT2D eigenvalue weighted by atomic mass is 16.3. The minimum absolute atomic E-state index is 0.0864. The molecule has 4 heterocycles. The second-order valence-corrected chi connectivity index (χ2v) is 15.6. The Labute approximate surface area is 368 Å². The number of fused-ring (bicyclic) bond motifs is 9. The van der Waals surface area contributed by atoms with Gasteiger partial charge in [0.1, 0.15) is 22.3 Å². The van der Waals surface area contributed by atoms with Gasteiger partial charge in [-0.3, -0.25) is 0 Å². The molecular formula is C57H34N4O2. The smallest absolute Gasteiger partial charge is 0.167 e. The lowest BCUT2D eigenvalue weighted by atomic mass is 9.95. The maximum absolute atomic E-state index is 9.04. The Balaban J connectivity index is 1.13. The molecule has 0 unspecified atom stereocenters. The van der Waals surface area contributed by atoms with Gasteiger partial charge in [0.05, 0.1) is 23.5 Å². The van der Waals surface area contributed by atoms with Gasteiger partial charge < -0.3 is 13.4 Å². The van der Waals surface area contributed by atoms with Crippen LogP contribution in [0.25, 0.3) is 128 Å². The summed E-state index contributed by atoms with van der Waals surface area (Å²) in [7, 11) is 0. The normalized spacial score (nSPS) is 12.9. The Hall–Kier alpha value is -8.61. The third kappa shape index (κ3) is 5.69. The SMILES string of the molecule is [2H]c1c([2H])c([2H])c(-c2nc(-c3ccc4c(c3)oc3ccccc34)nc(-c3cc(-n4c5ccccc5c5ccccc54)cc4c3oc3cccc(-c5cccc(-c6ccccc6)c5)c34)n2)c([2H])c1[2H]. The molecule has 0 saturated heterocycles. The minimum atomic E-state index is -0.512. The second kappa shape index (κ2) is 14.0. The zero-order chi connectivity index (χ0) is 45.8. The average Bonchev–Trinajstić information content (AvgIpc) is 4.07. The molecule has 63 heavy (non-hydrogen) atoms. The van der Waals surface area contributed by atoms with Crippen LogP contribution in [0.15, 0.2) is 215 Å². The van der Waals surface area contributed by atoms with E-state index in [-0.39, 0.29) is 23.0 Å². The standard InChI is InChI=1S/C57H34N4O2/c1-3-15-35(16-4-1)37-19-13-20-38(31-37)41-24-14-28-51-53(41)46-33-40(61-48-25-10-7-21-42(48)43-22-8-11-26-49(43)61)34-47(54(46)63-51)57-59-55(36-17-5-2-6-18-36)58-56(60-57)39-29-30-45-44-23-9-12-27-50(44)62-52(45)32-39/h1-34H/i2D,5D,6D,17D,18D. The van der Waals surface area contributed by atoms with Gasteiger partial charge >= 0.3 is 0 Å². The molecule has 0 aliphatic rings. The number of hydrogen-bond donors (Lipinski definition) is 0. The van der Waals surface area contributed by atoms with E-state index in [0.29, 0.717) is 27.9 Å². The van der Waals surface area contributed by atoms with E-state index in [0.717, 1.165) is 76.9 Å². The summed E-state index contributed by atoms with van der Waals surface area (Å²) in [5.41, 5.74) is 10.4. The first-order valence-electron chi connectivity index (χ1n) is 23.2. The van der Waals surface area contributed by atoms with Crippen LogP contribution in [0.5, 0.6) is 0 Å². The number of benzene rings is 9. The molecule has 13 aromatic rings. The number of furan rings is 2. The van der Waals surface area contributed by atoms with Gasteiger partial charge in [0, 0.05) is 49.1 Å². The topological polar surface area (TPSA) is 69.9 Å². The van der Waals surface area contributed by atoms with Crippen molar-refractivity contribution in [2.24, 2.45) is 0 Å². The molecule has 0 saturated carbocycles. The number of aromatic nitrogens is 4. The number of hydrogen-bond acceptors (Lipinski definition) is 5. The van der Waals surface area contributed by atoms with Crippen molar-refractivity contribution >= 4 is 65.7 Å². The van der Waals surface area contributed by atoms with Crippen molar-refractivity contribution in [2.75, 3.05) is 0 Å². The van der Waals surface area contributed by atoms with Crippen LogP contribution in [0.3, 0.4) is 0 Å². The predicted octanol–water partition coefficient (Wildman–Crippen LogP) is 15.1. The van der Waals surface area contributed by atoms with Crippen molar-refractivity contribution < 1.29 is 15.7 Å². The first-order chi connectivity index (χ1) is 33.3. The third-order valence-corrected chi connectivity index (χ3v) is 11.9. The monoisotopic (exact) mass is 811 g/mol. The summed E-state index contributed by atoms with van der Waals surface area (Å²) in [6.45, 7) is 0. The van der Waals surface area contributed by atoms with Crippen molar-refractivity contribution in [3.8, 4) is 62.1 Å². The van der Waals surface area contributed by atoms with E-state index in [1.807, 2.05) is 103 Å². The van der Waals surface area contributed by atoms with E-state index in [1.165, 1.54) is 0 Å². The molecule has 13 rings (SSSR count). The lowest BCUT2D eigenvalue weighted by molar-refractivity contribution is 0.668. The van der Waals surface area contributed by atoms with Gasteiger partial charge in [-0.05, 0) is 76.9 Å². The van der Waals surface area contributed by atoms with Crippen molar-refractivity contribution in [1.82, 2.24) is 19.5 Å². The van der Waals surface area contributed by atoms with Crippen LogP contribution in [0, 0.1) is 0 Å². The molecule has 0 radical (unpaired) electrons. The molecule has 9 aromatic carbocycles. The third-order valence-electron chi connectivity index (χ3n) is 11.9. The summed E-state index contributed by atoms with van der Waals surface area (Å²) in [5.74, 6) is 0.307. The molecule has 294 valence electrons. The Kier molecular flexibility index (Phi) is 6.75. The number of para-hydroxylation sites is 3. The van der Waals surface area contributed by atoms with Gasteiger partial charge in [0.15, 0.2) is 17.5 Å². The van der Waals surface area contributed by atoms with Gasteiger partial charge in [0.2, 0.25) is 0 Å². The first-order valence-corrected chi connectivity index (χ1v) is 20.7. The van der Waals surface area contributed by atoms with Crippen LogP contribution < -0.4 is 0 Å². The molecule has 6 nitrogen and oxygen atoms in total. The summed E-state index contributed by atoms with van der Waals surface area (Å²) in [6.07, 6.45) is 0.